The van der Waals surface area contributed by atoms with Crippen molar-refractivity contribution < 1.29 is 14.3 Å². The van der Waals surface area contributed by atoms with E-state index in [0.29, 0.717) is 18.9 Å². The molecule has 2 N–H and O–H groups in total. The van der Waals surface area contributed by atoms with Gasteiger partial charge in [0.05, 0.1) is 24.6 Å². The van der Waals surface area contributed by atoms with Crippen molar-refractivity contribution in [2.24, 2.45) is 5.92 Å². The van der Waals surface area contributed by atoms with Crippen molar-refractivity contribution in [2.75, 3.05) is 50.8 Å². The van der Waals surface area contributed by atoms with Crippen LogP contribution >= 0.6 is 15.9 Å². The fraction of sp³-hybridized carbons (Fsp3) is 0.526. The van der Waals surface area contributed by atoms with Crippen LogP contribution in [-0.2, 0) is 14.3 Å². The average Bonchev–Trinajstić information content (AvgIpc) is 3.28. The van der Waals surface area contributed by atoms with E-state index in [2.05, 4.69) is 36.3 Å². The molecule has 3 heterocycles. The van der Waals surface area contributed by atoms with Crippen molar-refractivity contribution in [2.45, 2.75) is 12.8 Å². The highest BCUT2D eigenvalue weighted by atomic mass is 79.9. The van der Waals surface area contributed by atoms with Gasteiger partial charge in [-0.15, -0.1) is 0 Å². The van der Waals surface area contributed by atoms with Gasteiger partial charge in [0.2, 0.25) is 11.8 Å². The SMILES string of the molecule is O=C(NCCCN1CCOCC1)[C@H]1CC(=O)N(c2n[nH]c3cc(Br)ccc23)C1. The second-order valence-electron chi connectivity index (χ2n) is 7.24. The summed E-state index contributed by atoms with van der Waals surface area (Å²) >= 11 is 3.43. The summed E-state index contributed by atoms with van der Waals surface area (Å²) in [5, 5.41) is 11.1. The summed E-state index contributed by atoms with van der Waals surface area (Å²) in [6.07, 6.45) is 1.12. The normalized spacial score (nSPS) is 20.8. The molecule has 0 unspecified atom stereocenters. The van der Waals surface area contributed by atoms with Crippen LogP contribution in [0.2, 0.25) is 0 Å². The first-order chi connectivity index (χ1) is 13.6. The van der Waals surface area contributed by atoms with Gasteiger partial charge in [0, 0.05) is 42.5 Å². The Bertz CT molecular complexity index is 864. The first-order valence-corrected chi connectivity index (χ1v) is 10.4. The number of fused-ring (bicyclic) bond motifs is 1. The smallest absolute Gasteiger partial charge is 0.229 e. The molecule has 0 saturated carbocycles. The van der Waals surface area contributed by atoms with E-state index in [4.69, 9.17) is 4.74 Å². The third kappa shape index (κ3) is 4.21. The van der Waals surface area contributed by atoms with Crippen LogP contribution in [0.25, 0.3) is 10.9 Å². The second-order valence-corrected chi connectivity index (χ2v) is 8.16. The number of halogens is 1. The zero-order valence-corrected chi connectivity index (χ0v) is 17.2. The van der Waals surface area contributed by atoms with E-state index in [1.54, 1.807) is 4.90 Å². The topological polar surface area (TPSA) is 90.6 Å². The fourth-order valence-electron chi connectivity index (χ4n) is 3.75. The molecule has 4 rings (SSSR count). The summed E-state index contributed by atoms with van der Waals surface area (Å²) in [5.74, 6) is 0.137. The van der Waals surface area contributed by atoms with Crippen molar-refractivity contribution in [3.63, 3.8) is 0 Å². The zero-order valence-electron chi connectivity index (χ0n) is 15.6. The molecular formula is C19H24BrN5O3. The summed E-state index contributed by atoms with van der Waals surface area (Å²) in [6, 6.07) is 5.76. The molecule has 0 bridgehead atoms. The van der Waals surface area contributed by atoms with Gasteiger partial charge in [-0.25, -0.2) is 0 Å². The van der Waals surface area contributed by atoms with Crippen LogP contribution < -0.4 is 10.2 Å². The highest BCUT2D eigenvalue weighted by Gasteiger charge is 2.36. The molecule has 1 aromatic heterocycles. The lowest BCUT2D eigenvalue weighted by atomic mass is 10.1. The maximum absolute atomic E-state index is 12.5. The van der Waals surface area contributed by atoms with E-state index >= 15 is 0 Å². The number of aromatic nitrogens is 2. The third-order valence-corrected chi connectivity index (χ3v) is 5.80. The first-order valence-electron chi connectivity index (χ1n) is 9.63. The van der Waals surface area contributed by atoms with Gasteiger partial charge < -0.3 is 10.1 Å². The van der Waals surface area contributed by atoms with Gasteiger partial charge in [-0.1, -0.05) is 15.9 Å². The molecule has 1 atom stereocenters. The quantitative estimate of drug-likeness (QED) is 0.652. The van der Waals surface area contributed by atoms with Gasteiger partial charge in [-0.3, -0.25) is 24.5 Å². The number of benzene rings is 1. The number of ether oxygens (including phenoxy) is 1. The first kappa shape index (κ1) is 19.4. The number of carbonyl (C=O) groups excluding carboxylic acids is 2. The van der Waals surface area contributed by atoms with Crippen LogP contribution in [0, 0.1) is 5.92 Å². The van der Waals surface area contributed by atoms with Gasteiger partial charge in [-0.05, 0) is 31.2 Å². The molecular weight excluding hydrogens is 426 g/mol. The molecule has 1 aromatic carbocycles. The lowest BCUT2D eigenvalue weighted by molar-refractivity contribution is -0.126. The molecule has 0 radical (unpaired) electrons. The molecule has 0 spiro atoms. The van der Waals surface area contributed by atoms with Crippen LogP contribution in [0.5, 0.6) is 0 Å². The predicted octanol–water partition coefficient (Wildman–Crippen LogP) is 1.52. The molecule has 2 aliphatic rings. The standard InChI is InChI=1S/C19H24BrN5O3/c20-14-2-3-15-16(11-14)22-23-18(15)25-12-13(10-17(25)26)19(27)21-4-1-5-24-6-8-28-9-7-24/h2-3,11,13H,1,4-10,12H2,(H,21,27)(H,22,23)/t13-/m0/s1. The summed E-state index contributed by atoms with van der Waals surface area (Å²) < 4.78 is 6.28. The summed E-state index contributed by atoms with van der Waals surface area (Å²) in [5.41, 5.74) is 0.855. The minimum Gasteiger partial charge on any atom is -0.379 e. The van der Waals surface area contributed by atoms with E-state index in [-0.39, 0.29) is 24.2 Å². The number of morpholine rings is 1. The van der Waals surface area contributed by atoms with Gasteiger partial charge in [0.25, 0.3) is 0 Å². The molecule has 2 fully saturated rings. The number of anilines is 1. The average molecular weight is 450 g/mol. The van der Waals surface area contributed by atoms with Gasteiger partial charge in [0.15, 0.2) is 5.82 Å². The summed E-state index contributed by atoms with van der Waals surface area (Å²) in [7, 11) is 0. The van der Waals surface area contributed by atoms with Crippen molar-refractivity contribution in [3.05, 3.63) is 22.7 Å². The number of aromatic amines is 1. The van der Waals surface area contributed by atoms with Crippen LogP contribution in [-0.4, -0.2) is 72.8 Å². The number of hydrogen-bond donors (Lipinski definition) is 2. The number of carbonyl (C=O) groups is 2. The fourth-order valence-corrected chi connectivity index (χ4v) is 4.12. The summed E-state index contributed by atoms with van der Waals surface area (Å²) in [4.78, 5) is 29.0. The van der Waals surface area contributed by atoms with E-state index < -0.39 is 0 Å². The van der Waals surface area contributed by atoms with Gasteiger partial charge >= 0.3 is 0 Å². The monoisotopic (exact) mass is 449 g/mol. The summed E-state index contributed by atoms with van der Waals surface area (Å²) in [6.45, 7) is 5.41. The number of amides is 2. The van der Waals surface area contributed by atoms with Gasteiger partial charge in [0.1, 0.15) is 0 Å². The van der Waals surface area contributed by atoms with Crippen molar-refractivity contribution in [1.82, 2.24) is 20.4 Å². The Kier molecular flexibility index (Phi) is 5.93. The van der Waals surface area contributed by atoms with Crippen molar-refractivity contribution in [3.8, 4) is 0 Å². The predicted molar refractivity (Wildman–Crippen MR) is 109 cm³/mol. The molecule has 0 aliphatic carbocycles. The third-order valence-electron chi connectivity index (χ3n) is 5.31. The van der Waals surface area contributed by atoms with Crippen molar-refractivity contribution in [1.29, 1.82) is 0 Å². The Morgan fingerprint density at radius 3 is 3.00 bits per heavy atom. The van der Waals surface area contributed by atoms with Crippen LogP contribution in [0.3, 0.4) is 0 Å². The van der Waals surface area contributed by atoms with Crippen LogP contribution in [0.4, 0.5) is 5.82 Å². The Hall–Kier alpha value is -1.97. The van der Waals surface area contributed by atoms with E-state index in [1.807, 2.05) is 18.2 Å². The van der Waals surface area contributed by atoms with Crippen molar-refractivity contribution >= 4 is 44.5 Å². The minimum absolute atomic E-state index is 0.0552. The highest BCUT2D eigenvalue weighted by Crippen LogP contribution is 2.31. The largest absolute Gasteiger partial charge is 0.379 e. The Morgan fingerprint density at radius 1 is 1.36 bits per heavy atom. The highest BCUT2D eigenvalue weighted by molar-refractivity contribution is 9.10. The number of hydrogen-bond acceptors (Lipinski definition) is 5. The Labute approximate surface area is 171 Å². The molecule has 150 valence electrons. The number of H-pyrrole nitrogens is 1. The van der Waals surface area contributed by atoms with Gasteiger partial charge in [-0.2, -0.15) is 5.10 Å². The molecule has 8 nitrogen and oxygen atoms in total. The maximum Gasteiger partial charge on any atom is 0.229 e. The Balaban J connectivity index is 1.30. The molecule has 2 amide bonds. The number of nitrogens with zero attached hydrogens (tertiary/aromatic N) is 3. The van der Waals surface area contributed by atoms with E-state index in [9.17, 15) is 9.59 Å². The lowest BCUT2D eigenvalue weighted by Crippen LogP contribution is -2.39. The van der Waals surface area contributed by atoms with Crippen LogP contribution in [0.15, 0.2) is 22.7 Å². The molecule has 2 saturated heterocycles. The molecule has 2 aliphatic heterocycles. The number of nitrogens with one attached hydrogen (secondary N) is 2. The van der Waals surface area contributed by atoms with E-state index in [0.717, 1.165) is 54.6 Å². The van der Waals surface area contributed by atoms with Crippen LogP contribution in [0.1, 0.15) is 12.8 Å². The lowest BCUT2D eigenvalue weighted by Gasteiger charge is -2.26. The number of rotatable bonds is 6. The second kappa shape index (κ2) is 8.59. The molecule has 9 heteroatoms. The zero-order chi connectivity index (χ0) is 19.5. The molecule has 28 heavy (non-hydrogen) atoms. The minimum atomic E-state index is -0.335. The van der Waals surface area contributed by atoms with E-state index in [1.165, 1.54) is 0 Å². The maximum atomic E-state index is 12.5. The Morgan fingerprint density at radius 2 is 2.18 bits per heavy atom. The molecule has 2 aromatic rings.